The molecule has 22 nitrogen and oxygen atoms in total. The smallest absolute Gasteiger partial charge is 0.333 e. The summed E-state index contributed by atoms with van der Waals surface area (Å²) in [6.07, 6.45) is -2.75. The van der Waals surface area contributed by atoms with Gasteiger partial charge in [-0.3, -0.25) is 13.7 Å². The first kappa shape index (κ1) is 32.0. The molecule has 0 spiro atoms. The third-order valence-corrected chi connectivity index (χ3v) is 11.0. The molecule has 0 radical (unpaired) electrons. The summed E-state index contributed by atoms with van der Waals surface area (Å²) in [5.41, 5.74) is 11.0. The second kappa shape index (κ2) is 11.1. The van der Waals surface area contributed by atoms with Gasteiger partial charge in [0.25, 0.3) is 0 Å². The molecule has 4 aromatic rings. The molecule has 4 aliphatic rings. The monoisotopic (exact) mass is 712 g/mol. The molecule has 0 bridgehead atoms. The largest absolute Gasteiger partial charge is 0.394 e. The Morgan fingerprint density at radius 2 is 1.71 bits per heavy atom. The number of hydrogen-bond donors (Lipinski definition) is 7. The number of hydrogen-bond acceptors (Lipinski definition) is 18. The number of aliphatic hydroxyl groups excluding tert-OH is 2. The van der Waals surface area contributed by atoms with Crippen LogP contribution in [0.3, 0.4) is 0 Å². The zero-order valence-corrected chi connectivity index (χ0v) is 26.4. The summed E-state index contributed by atoms with van der Waals surface area (Å²) in [6.45, 7) is -1.13. The van der Waals surface area contributed by atoms with Gasteiger partial charge in [0.05, 0.1) is 37.9 Å². The minimum atomic E-state index is -4.69. The first-order valence-electron chi connectivity index (χ1n) is 14.6. The maximum atomic E-state index is 13.8. The Hall–Kier alpha value is -3.24. The van der Waals surface area contributed by atoms with Crippen molar-refractivity contribution in [3.8, 4) is 0 Å². The van der Waals surface area contributed by atoms with Gasteiger partial charge in [-0.2, -0.15) is 0 Å². The van der Waals surface area contributed by atoms with E-state index in [1.807, 2.05) is 0 Å². The summed E-state index contributed by atoms with van der Waals surface area (Å²) >= 11 is 0. The Balaban J connectivity index is 1.05. The van der Waals surface area contributed by atoms with Crippen molar-refractivity contribution >= 4 is 49.6 Å². The summed E-state index contributed by atoms with van der Waals surface area (Å²) in [4.78, 5) is 45.3. The summed E-state index contributed by atoms with van der Waals surface area (Å²) in [5, 5.41) is 31.8. The Labute approximate surface area is 269 Å². The van der Waals surface area contributed by atoms with Crippen LogP contribution in [0, 0.1) is 5.92 Å². The second-order valence-corrected chi connectivity index (χ2v) is 14.9. The lowest BCUT2D eigenvalue weighted by Crippen LogP contribution is -2.67. The van der Waals surface area contributed by atoms with Crippen molar-refractivity contribution in [2.75, 3.05) is 37.2 Å². The molecule has 8 rings (SSSR count). The Kier molecular flexibility index (Phi) is 7.42. The van der Waals surface area contributed by atoms with Gasteiger partial charge in [-0.1, -0.05) is 0 Å². The third-order valence-electron chi connectivity index (χ3n) is 9.22. The van der Waals surface area contributed by atoms with E-state index in [1.165, 1.54) is 34.4 Å². The molecule has 0 aromatic carbocycles. The molecule has 7 heterocycles. The summed E-state index contributed by atoms with van der Waals surface area (Å²) < 4.78 is 57.3. The average molecular weight is 713 g/mol. The molecular formula is C24H30N10O12P2. The zero-order valence-electron chi connectivity index (χ0n) is 24.5. The van der Waals surface area contributed by atoms with E-state index in [9.17, 15) is 34.2 Å². The molecular weight excluding hydrogens is 682 g/mol. The van der Waals surface area contributed by atoms with Gasteiger partial charge in [-0.05, 0) is 0 Å². The quantitative estimate of drug-likeness (QED) is 0.0776. The van der Waals surface area contributed by atoms with E-state index in [0.29, 0.717) is 11.2 Å². The van der Waals surface area contributed by atoms with Crippen LogP contribution in [-0.4, -0.2) is 132 Å². The predicted octanol–water partition coefficient (Wildman–Crippen LogP) is -2.73. The van der Waals surface area contributed by atoms with E-state index < -0.39 is 101 Å². The number of fused-ring (bicyclic) bond motifs is 4. The number of imidazole rings is 2. The van der Waals surface area contributed by atoms with Crippen molar-refractivity contribution < 1.29 is 57.7 Å². The standard InChI is InChI=1S/C24H30N10O12P2/c25-19-12-21(29-4-27-19)33(6-31-12)17-11-15(42-8-47(38)39)10(45-24(11,17)37)2-43-48(40,41)3-23(18-16(46-23)14(36)9(1-35)44-18)34-7-32-13-20(26)28-5-30-22(13)34/h4-7,9-11,14-18,35-37,47H,1-3,8H2,(H,38,39)(H,40,41)(H2,25,27,29)(H2,26,28,30)/t9-,10-,11?,14?,15?,16?,17+,18-,23?,24?/m1/s1. The molecule has 1 saturated carbocycles. The van der Waals surface area contributed by atoms with Crippen molar-refractivity contribution in [3.05, 3.63) is 25.3 Å². The fourth-order valence-corrected chi connectivity index (χ4v) is 8.86. The fraction of sp³-hybridized carbons (Fsp3) is 0.583. The lowest BCUT2D eigenvalue weighted by atomic mass is 9.92. The molecule has 4 fully saturated rings. The lowest BCUT2D eigenvalue weighted by Gasteiger charge is -2.51. The molecule has 24 heteroatoms. The van der Waals surface area contributed by atoms with Gasteiger partial charge in [-0.25, -0.2) is 29.9 Å². The third kappa shape index (κ3) is 4.71. The van der Waals surface area contributed by atoms with Crippen LogP contribution in [0.25, 0.3) is 22.3 Å². The van der Waals surface area contributed by atoms with E-state index in [0.717, 1.165) is 0 Å². The van der Waals surface area contributed by atoms with Crippen LogP contribution in [0.1, 0.15) is 6.04 Å². The molecule has 48 heavy (non-hydrogen) atoms. The molecule has 3 aliphatic heterocycles. The number of aliphatic hydroxyl groups is 3. The number of nitrogens with two attached hydrogens (primary N) is 2. The Morgan fingerprint density at radius 3 is 2.42 bits per heavy atom. The molecule has 12 atom stereocenters. The molecule has 3 saturated heterocycles. The number of rotatable bonds is 11. The van der Waals surface area contributed by atoms with E-state index in [4.69, 9.17) is 34.9 Å². The number of anilines is 2. The highest BCUT2D eigenvalue weighted by Gasteiger charge is 2.77. The van der Waals surface area contributed by atoms with Gasteiger partial charge in [0.15, 0.2) is 34.4 Å². The molecule has 0 amide bonds. The number of nitrogen functional groups attached to an aromatic ring is 2. The minimum absolute atomic E-state index is 0.0399. The topological polar surface area (TPSA) is 321 Å². The van der Waals surface area contributed by atoms with Crippen molar-refractivity contribution in [2.24, 2.45) is 5.92 Å². The average Bonchev–Trinajstić information content (AvgIpc) is 3.53. The molecule has 258 valence electrons. The fourth-order valence-electron chi connectivity index (χ4n) is 7.08. The maximum absolute atomic E-state index is 13.8. The van der Waals surface area contributed by atoms with Crippen LogP contribution in [-0.2, 0) is 38.3 Å². The number of ether oxygens (including phenoxy) is 4. The zero-order chi connectivity index (χ0) is 33.7. The number of nitrogens with zero attached hydrogens (tertiary/aromatic N) is 8. The van der Waals surface area contributed by atoms with Gasteiger partial charge >= 0.3 is 7.60 Å². The predicted molar refractivity (Wildman–Crippen MR) is 158 cm³/mol. The van der Waals surface area contributed by atoms with Crippen LogP contribution in [0.4, 0.5) is 11.6 Å². The van der Waals surface area contributed by atoms with E-state index in [-0.39, 0.29) is 22.8 Å². The summed E-state index contributed by atoms with van der Waals surface area (Å²) in [7, 11) is -7.81. The van der Waals surface area contributed by atoms with Crippen LogP contribution in [0.5, 0.6) is 0 Å². The second-order valence-electron chi connectivity index (χ2n) is 12.0. The van der Waals surface area contributed by atoms with Gasteiger partial charge in [0.1, 0.15) is 72.8 Å². The van der Waals surface area contributed by atoms with Gasteiger partial charge in [0, 0.05) is 0 Å². The van der Waals surface area contributed by atoms with Crippen molar-refractivity contribution in [2.45, 2.75) is 54.2 Å². The highest BCUT2D eigenvalue weighted by Crippen LogP contribution is 2.65. The highest BCUT2D eigenvalue weighted by atomic mass is 31.2. The van der Waals surface area contributed by atoms with Crippen LogP contribution >= 0.6 is 15.6 Å². The van der Waals surface area contributed by atoms with Crippen LogP contribution in [0.2, 0.25) is 0 Å². The molecule has 8 unspecified atom stereocenters. The lowest BCUT2D eigenvalue weighted by molar-refractivity contribution is -0.313. The normalized spacial score (nSPS) is 37.3. The molecule has 9 N–H and O–H groups in total. The molecule has 1 aliphatic carbocycles. The first-order chi connectivity index (χ1) is 22.9. The van der Waals surface area contributed by atoms with E-state index in [2.05, 4.69) is 29.9 Å². The first-order valence-corrected chi connectivity index (χ1v) is 17.9. The van der Waals surface area contributed by atoms with Crippen molar-refractivity contribution in [3.63, 3.8) is 0 Å². The maximum Gasteiger partial charge on any atom is 0.333 e. The Morgan fingerprint density at radius 1 is 1.02 bits per heavy atom. The molecule has 4 aromatic heterocycles. The minimum Gasteiger partial charge on any atom is -0.394 e. The van der Waals surface area contributed by atoms with E-state index >= 15 is 0 Å². The SMILES string of the molecule is Nc1ncnc2c1ncn2[C@H]1C2C(OC[PH](=O)O)[C@@H](COP(=O)(O)CC3(n4cnc5c(N)ncnc54)OC4C(O)[C@@H](CO)O[C@H]43)OC21O. The van der Waals surface area contributed by atoms with E-state index in [1.54, 1.807) is 0 Å². The van der Waals surface area contributed by atoms with Gasteiger partial charge in [0.2, 0.25) is 8.03 Å². The van der Waals surface area contributed by atoms with Crippen molar-refractivity contribution in [1.82, 2.24) is 39.0 Å². The Bertz CT molecular complexity index is 1980. The van der Waals surface area contributed by atoms with Crippen molar-refractivity contribution in [1.29, 1.82) is 0 Å². The van der Waals surface area contributed by atoms with Crippen LogP contribution in [0.15, 0.2) is 25.3 Å². The summed E-state index contributed by atoms with van der Waals surface area (Å²) in [6, 6.07) is -0.794. The highest BCUT2D eigenvalue weighted by molar-refractivity contribution is 7.52. The number of aromatic nitrogens is 8. The van der Waals surface area contributed by atoms with Crippen LogP contribution < -0.4 is 11.5 Å². The van der Waals surface area contributed by atoms with Gasteiger partial charge in [-0.15, -0.1) is 0 Å². The summed E-state index contributed by atoms with van der Waals surface area (Å²) in [5.74, 6) is -2.52. The van der Waals surface area contributed by atoms with Gasteiger partial charge < -0.3 is 64.6 Å².